The van der Waals surface area contributed by atoms with E-state index in [1.807, 2.05) is 12.3 Å². The average molecular weight is 252 g/mol. The Labute approximate surface area is 115 Å². The number of fused-ring (bicyclic) bond motifs is 1. The van der Waals surface area contributed by atoms with Gasteiger partial charge in [0.25, 0.3) is 0 Å². The smallest absolute Gasteiger partial charge is 0.0702 e. The first-order valence-electron chi connectivity index (χ1n) is 6.86. The minimum atomic E-state index is 0.378. The average Bonchev–Trinajstić information content (AvgIpc) is 2.46. The molecule has 1 aromatic carbocycles. The van der Waals surface area contributed by atoms with Gasteiger partial charge in [0.2, 0.25) is 0 Å². The third-order valence-electron chi connectivity index (χ3n) is 3.29. The SMILES string of the molecule is C#CCCCC(NCC)c1ccc2ncccc2c1. The lowest BCUT2D eigenvalue weighted by Crippen LogP contribution is -2.20. The number of hydrogen-bond donors (Lipinski definition) is 1. The molecule has 98 valence electrons. The van der Waals surface area contributed by atoms with Gasteiger partial charge in [-0.05, 0) is 43.1 Å². The van der Waals surface area contributed by atoms with E-state index in [4.69, 9.17) is 6.42 Å². The van der Waals surface area contributed by atoms with E-state index in [0.29, 0.717) is 6.04 Å². The van der Waals surface area contributed by atoms with Crippen molar-refractivity contribution in [2.24, 2.45) is 0 Å². The number of hydrogen-bond acceptors (Lipinski definition) is 2. The van der Waals surface area contributed by atoms with Crippen LogP contribution in [0, 0.1) is 12.3 Å². The number of pyridine rings is 1. The fraction of sp³-hybridized carbons (Fsp3) is 0.353. The van der Waals surface area contributed by atoms with E-state index < -0.39 is 0 Å². The van der Waals surface area contributed by atoms with Gasteiger partial charge < -0.3 is 5.32 Å². The number of nitrogens with one attached hydrogen (secondary N) is 1. The Hall–Kier alpha value is -1.85. The highest BCUT2D eigenvalue weighted by Gasteiger charge is 2.10. The molecule has 1 atom stereocenters. The van der Waals surface area contributed by atoms with Crippen LogP contribution in [0.3, 0.4) is 0 Å². The summed E-state index contributed by atoms with van der Waals surface area (Å²) in [6.45, 7) is 3.10. The zero-order chi connectivity index (χ0) is 13.5. The summed E-state index contributed by atoms with van der Waals surface area (Å²) in [6.07, 6.45) is 10.1. The Bertz CT molecular complexity index is 569. The van der Waals surface area contributed by atoms with E-state index >= 15 is 0 Å². The maximum Gasteiger partial charge on any atom is 0.0702 e. The van der Waals surface area contributed by atoms with E-state index in [2.05, 4.69) is 47.4 Å². The van der Waals surface area contributed by atoms with Crippen LogP contribution in [0.5, 0.6) is 0 Å². The second kappa shape index (κ2) is 6.92. The van der Waals surface area contributed by atoms with Gasteiger partial charge in [0.1, 0.15) is 0 Å². The van der Waals surface area contributed by atoms with Crippen LogP contribution in [0.15, 0.2) is 36.5 Å². The first-order chi connectivity index (χ1) is 9.35. The third-order valence-corrected chi connectivity index (χ3v) is 3.29. The van der Waals surface area contributed by atoms with E-state index in [1.165, 1.54) is 10.9 Å². The predicted octanol–water partition coefficient (Wildman–Crippen LogP) is 3.69. The summed E-state index contributed by atoms with van der Waals surface area (Å²) in [6, 6.07) is 11.0. The highest BCUT2D eigenvalue weighted by Crippen LogP contribution is 2.23. The lowest BCUT2D eigenvalue weighted by atomic mass is 9.99. The minimum Gasteiger partial charge on any atom is -0.310 e. The largest absolute Gasteiger partial charge is 0.310 e. The standard InChI is InChI=1S/C17H20N2/c1-3-5-6-9-16(18-4-2)15-10-11-17-14(13-15)8-7-12-19-17/h1,7-8,10-13,16,18H,4-6,9H2,2H3. The van der Waals surface area contributed by atoms with Crippen LogP contribution in [0.1, 0.15) is 37.8 Å². The molecule has 1 N–H and O–H groups in total. The topological polar surface area (TPSA) is 24.9 Å². The summed E-state index contributed by atoms with van der Waals surface area (Å²) >= 11 is 0. The Morgan fingerprint density at radius 3 is 3.05 bits per heavy atom. The van der Waals surface area contributed by atoms with Crippen molar-refractivity contribution < 1.29 is 0 Å². The van der Waals surface area contributed by atoms with Crippen LogP contribution in [-0.4, -0.2) is 11.5 Å². The first kappa shape index (κ1) is 13.6. The molecule has 1 unspecified atom stereocenters. The summed E-state index contributed by atoms with van der Waals surface area (Å²) in [7, 11) is 0. The number of rotatable bonds is 6. The second-order valence-corrected chi connectivity index (χ2v) is 4.66. The Morgan fingerprint density at radius 2 is 2.26 bits per heavy atom. The van der Waals surface area contributed by atoms with Crippen LogP contribution < -0.4 is 5.32 Å². The van der Waals surface area contributed by atoms with Gasteiger partial charge in [-0.1, -0.05) is 19.1 Å². The summed E-state index contributed by atoms with van der Waals surface area (Å²) in [5, 5.41) is 4.73. The third kappa shape index (κ3) is 3.56. The van der Waals surface area contributed by atoms with Gasteiger partial charge in [-0.2, -0.15) is 0 Å². The lowest BCUT2D eigenvalue weighted by molar-refractivity contribution is 0.502. The molecule has 2 nitrogen and oxygen atoms in total. The molecule has 0 aliphatic heterocycles. The number of nitrogens with zero attached hydrogens (tertiary/aromatic N) is 1. The highest BCUT2D eigenvalue weighted by molar-refractivity contribution is 5.79. The monoisotopic (exact) mass is 252 g/mol. The molecule has 0 aliphatic rings. The van der Waals surface area contributed by atoms with Gasteiger partial charge in [0.15, 0.2) is 0 Å². The molecular formula is C17H20N2. The zero-order valence-corrected chi connectivity index (χ0v) is 11.4. The van der Waals surface area contributed by atoms with Crippen molar-refractivity contribution in [3.63, 3.8) is 0 Å². The summed E-state index contributed by atoms with van der Waals surface area (Å²) < 4.78 is 0. The molecule has 2 rings (SSSR count). The Balaban J connectivity index is 2.20. The number of aromatic nitrogens is 1. The van der Waals surface area contributed by atoms with Crippen LogP contribution in [-0.2, 0) is 0 Å². The molecular weight excluding hydrogens is 232 g/mol. The molecule has 0 spiro atoms. The molecule has 19 heavy (non-hydrogen) atoms. The maximum absolute atomic E-state index is 5.32. The normalized spacial score (nSPS) is 12.2. The van der Waals surface area contributed by atoms with Crippen molar-refractivity contribution >= 4 is 10.9 Å². The summed E-state index contributed by atoms with van der Waals surface area (Å²) in [4.78, 5) is 4.36. The Kier molecular flexibility index (Phi) is 4.94. The van der Waals surface area contributed by atoms with Gasteiger partial charge in [0.05, 0.1) is 5.52 Å². The van der Waals surface area contributed by atoms with Gasteiger partial charge in [0, 0.05) is 24.0 Å². The van der Waals surface area contributed by atoms with Crippen molar-refractivity contribution in [1.82, 2.24) is 10.3 Å². The van der Waals surface area contributed by atoms with Crippen LogP contribution in [0.2, 0.25) is 0 Å². The molecule has 0 saturated carbocycles. The number of benzene rings is 1. The molecule has 2 aromatic rings. The van der Waals surface area contributed by atoms with E-state index in [-0.39, 0.29) is 0 Å². The molecule has 0 fully saturated rings. The lowest BCUT2D eigenvalue weighted by Gasteiger charge is -2.18. The van der Waals surface area contributed by atoms with Crippen molar-refractivity contribution in [3.05, 3.63) is 42.1 Å². The van der Waals surface area contributed by atoms with Crippen molar-refractivity contribution in [2.45, 2.75) is 32.2 Å². The predicted molar refractivity (Wildman–Crippen MR) is 80.8 cm³/mol. The van der Waals surface area contributed by atoms with Crippen molar-refractivity contribution in [1.29, 1.82) is 0 Å². The zero-order valence-electron chi connectivity index (χ0n) is 11.4. The quantitative estimate of drug-likeness (QED) is 0.626. The fourth-order valence-corrected chi connectivity index (χ4v) is 2.35. The first-order valence-corrected chi connectivity index (χ1v) is 6.86. The van der Waals surface area contributed by atoms with Crippen molar-refractivity contribution in [2.75, 3.05) is 6.54 Å². The highest BCUT2D eigenvalue weighted by atomic mass is 14.9. The molecule has 2 heteroatoms. The van der Waals surface area contributed by atoms with Crippen LogP contribution in [0.25, 0.3) is 10.9 Å². The molecule has 1 heterocycles. The maximum atomic E-state index is 5.32. The fourth-order valence-electron chi connectivity index (χ4n) is 2.35. The number of terminal acetylenes is 1. The molecule has 1 aromatic heterocycles. The number of unbranched alkanes of at least 4 members (excludes halogenated alkanes) is 1. The van der Waals surface area contributed by atoms with Gasteiger partial charge >= 0.3 is 0 Å². The van der Waals surface area contributed by atoms with E-state index in [0.717, 1.165) is 31.3 Å². The molecule has 0 bridgehead atoms. The van der Waals surface area contributed by atoms with Crippen molar-refractivity contribution in [3.8, 4) is 12.3 Å². The summed E-state index contributed by atoms with van der Waals surface area (Å²) in [5.74, 6) is 2.71. The summed E-state index contributed by atoms with van der Waals surface area (Å²) in [5.41, 5.74) is 2.37. The molecule has 0 amide bonds. The van der Waals surface area contributed by atoms with E-state index in [1.54, 1.807) is 0 Å². The van der Waals surface area contributed by atoms with Gasteiger partial charge in [-0.3, -0.25) is 4.98 Å². The van der Waals surface area contributed by atoms with Crippen LogP contribution in [0.4, 0.5) is 0 Å². The minimum absolute atomic E-state index is 0.378. The van der Waals surface area contributed by atoms with E-state index in [9.17, 15) is 0 Å². The molecule has 0 aliphatic carbocycles. The van der Waals surface area contributed by atoms with Crippen LogP contribution >= 0.6 is 0 Å². The van der Waals surface area contributed by atoms with Gasteiger partial charge in [-0.25, -0.2) is 0 Å². The second-order valence-electron chi connectivity index (χ2n) is 4.66. The Morgan fingerprint density at radius 1 is 1.37 bits per heavy atom. The molecule has 0 saturated heterocycles. The van der Waals surface area contributed by atoms with Gasteiger partial charge in [-0.15, -0.1) is 12.3 Å². The molecule has 0 radical (unpaired) electrons.